The quantitative estimate of drug-likeness (QED) is 0.495. The molecule has 2 rings (SSSR count). The van der Waals surface area contributed by atoms with Gasteiger partial charge in [0.15, 0.2) is 6.19 Å². The first-order valence-electron chi connectivity index (χ1n) is 5.19. The summed E-state index contributed by atoms with van der Waals surface area (Å²) in [6.07, 6.45) is 2.07. The van der Waals surface area contributed by atoms with Crippen LogP contribution in [0.4, 0.5) is 0 Å². The standard InChI is InChI=1S/C10H16N4O/c1-10-6-12(2)3-4-14(10)9(15)5-13(7-10)8-11/h3-7H2,1-2H3. The summed E-state index contributed by atoms with van der Waals surface area (Å²) in [6.45, 7) is 5.51. The monoisotopic (exact) mass is 208 g/mol. The van der Waals surface area contributed by atoms with Crippen LogP contribution in [0.15, 0.2) is 0 Å². The van der Waals surface area contributed by atoms with Crippen LogP contribution in [0.2, 0.25) is 0 Å². The number of nitriles is 1. The van der Waals surface area contributed by atoms with Gasteiger partial charge in [0.2, 0.25) is 5.91 Å². The Labute approximate surface area is 89.8 Å². The number of likely N-dealkylation sites (N-methyl/N-ethyl adjacent to an activating group) is 1. The number of carbonyl (C=O) groups excluding carboxylic acids is 1. The van der Waals surface area contributed by atoms with Crippen LogP contribution in [0.5, 0.6) is 0 Å². The molecular weight excluding hydrogens is 192 g/mol. The Hall–Kier alpha value is -1.28. The van der Waals surface area contributed by atoms with Crippen LogP contribution in [0.25, 0.3) is 0 Å². The second-order valence-corrected chi connectivity index (χ2v) is 4.74. The maximum atomic E-state index is 11.8. The third-order valence-corrected chi connectivity index (χ3v) is 3.27. The van der Waals surface area contributed by atoms with E-state index in [0.717, 1.165) is 19.6 Å². The molecule has 0 aromatic carbocycles. The zero-order valence-corrected chi connectivity index (χ0v) is 9.23. The number of rotatable bonds is 0. The molecule has 5 nitrogen and oxygen atoms in total. The number of amides is 1. The summed E-state index contributed by atoms with van der Waals surface area (Å²) in [5.74, 6) is 0.0819. The minimum Gasteiger partial charge on any atom is -0.331 e. The first kappa shape index (κ1) is 10.2. The lowest BCUT2D eigenvalue weighted by molar-refractivity contribution is -0.148. The lowest BCUT2D eigenvalue weighted by Crippen LogP contribution is -2.69. The van der Waals surface area contributed by atoms with Crippen molar-refractivity contribution >= 4 is 5.91 Å². The Balaban J connectivity index is 2.22. The van der Waals surface area contributed by atoms with Gasteiger partial charge in [0.05, 0.1) is 12.1 Å². The van der Waals surface area contributed by atoms with E-state index in [9.17, 15) is 4.79 Å². The molecular formula is C10H16N4O. The molecule has 82 valence electrons. The van der Waals surface area contributed by atoms with Gasteiger partial charge in [-0.2, -0.15) is 5.26 Å². The van der Waals surface area contributed by atoms with Crippen molar-refractivity contribution in [2.75, 3.05) is 39.8 Å². The van der Waals surface area contributed by atoms with Gasteiger partial charge in [-0.3, -0.25) is 9.69 Å². The summed E-state index contributed by atoms with van der Waals surface area (Å²) in [5.41, 5.74) is -0.196. The lowest BCUT2D eigenvalue weighted by Gasteiger charge is -2.52. The molecule has 1 unspecified atom stereocenters. The molecule has 1 amide bonds. The van der Waals surface area contributed by atoms with Crippen molar-refractivity contribution in [3.63, 3.8) is 0 Å². The van der Waals surface area contributed by atoms with Crippen LogP contribution in [0.1, 0.15) is 6.92 Å². The fourth-order valence-electron chi connectivity index (χ4n) is 2.63. The summed E-state index contributed by atoms with van der Waals surface area (Å²) in [5, 5.41) is 8.87. The van der Waals surface area contributed by atoms with Crippen molar-refractivity contribution < 1.29 is 4.79 Å². The zero-order chi connectivity index (χ0) is 11.1. The lowest BCUT2D eigenvalue weighted by atomic mass is 9.93. The molecule has 2 fully saturated rings. The third-order valence-electron chi connectivity index (χ3n) is 3.27. The maximum absolute atomic E-state index is 11.8. The van der Waals surface area contributed by atoms with Gasteiger partial charge in [-0.15, -0.1) is 0 Å². The molecule has 2 aliphatic rings. The number of hydrogen-bond acceptors (Lipinski definition) is 4. The highest BCUT2D eigenvalue weighted by Gasteiger charge is 2.44. The van der Waals surface area contributed by atoms with Gasteiger partial charge >= 0.3 is 0 Å². The average molecular weight is 208 g/mol. The summed E-state index contributed by atoms with van der Waals surface area (Å²) in [7, 11) is 2.05. The van der Waals surface area contributed by atoms with E-state index in [1.54, 1.807) is 4.90 Å². The third kappa shape index (κ3) is 1.65. The van der Waals surface area contributed by atoms with Crippen LogP contribution in [0.3, 0.4) is 0 Å². The minimum atomic E-state index is -0.196. The smallest absolute Gasteiger partial charge is 0.243 e. The molecule has 0 radical (unpaired) electrons. The molecule has 2 saturated heterocycles. The Morgan fingerprint density at radius 1 is 1.40 bits per heavy atom. The number of carbonyl (C=O) groups is 1. The van der Waals surface area contributed by atoms with E-state index in [0.29, 0.717) is 6.54 Å². The zero-order valence-electron chi connectivity index (χ0n) is 9.23. The van der Waals surface area contributed by atoms with E-state index in [-0.39, 0.29) is 18.0 Å². The average Bonchev–Trinajstić information content (AvgIpc) is 2.15. The fourth-order valence-corrected chi connectivity index (χ4v) is 2.63. The van der Waals surface area contributed by atoms with E-state index in [1.807, 2.05) is 4.90 Å². The van der Waals surface area contributed by atoms with E-state index < -0.39 is 0 Å². The molecule has 1 atom stereocenters. The summed E-state index contributed by atoms with van der Waals surface area (Å²) in [4.78, 5) is 17.5. The van der Waals surface area contributed by atoms with Gasteiger partial charge < -0.3 is 9.80 Å². The molecule has 0 saturated carbocycles. The molecule has 0 aromatic rings. The summed E-state index contributed by atoms with van der Waals surface area (Å²) >= 11 is 0. The summed E-state index contributed by atoms with van der Waals surface area (Å²) < 4.78 is 0. The molecule has 0 aromatic heterocycles. The Morgan fingerprint density at radius 3 is 2.80 bits per heavy atom. The maximum Gasteiger partial charge on any atom is 0.243 e. The highest BCUT2D eigenvalue weighted by molar-refractivity contribution is 5.80. The molecule has 2 heterocycles. The van der Waals surface area contributed by atoms with Gasteiger partial charge in [0, 0.05) is 19.6 Å². The molecule has 5 heteroatoms. The van der Waals surface area contributed by atoms with Gasteiger partial charge in [0.1, 0.15) is 6.54 Å². The number of nitrogens with zero attached hydrogens (tertiary/aromatic N) is 4. The number of fused-ring (bicyclic) bond motifs is 1. The first-order chi connectivity index (χ1) is 7.05. The second kappa shape index (κ2) is 3.38. The molecule has 2 aliphatic heterocycles. The van der Waals surface area contributed by atoms with Gasteiger partial charge in [-0.25, -0.2) is 0 Å². The number of piperazine rings is 2. The predicted octanol–water partition coefficient (Wildman–Crippen LogP) is -0.684. The second-order valence-electron chi connectivity index (χ2n) is 4.74. The summed E-state index contributed by atoms with van der Waals surface area (Å²) in [6, 6.07) is 0. The van der Waals surface area contributed by atoms with E-state index in [2.05, 4.69) is 25.1 Å². The minimum absolute atomic E-state index is 0.0819. The highest BCUT2D eigenvalue weighted by atomic mass is 16.2. The van der Waals surface area contributed by atoms with E-state index in [4.69, 9.17) is 5.26 Å². The largest absolute Gasteiger partial charge is 0.331 e. The predicted molar refractivity (Wildman–Crippen MR) is 54.8 cm³/mol. The Morgan fingerprint density at radius 2 is 2.13 bits per heavy atom. The molecule has 0 N–H and O–H groups in total. The van der Waals surface area contributed by atoms with Crippen molar-refractivity contribution in [3.8, 4) is 6.19 Å². The Kier molecular flexibility index (Phi) is 2.31. The molecule has 0 bridgehead atoms. The first-order valence-corrected chi connectivity index (χ1v) is 5.19. The van der Waals surface area contributed by atoms with E-state index >= 15 is 0 Å². The van der Waals surface area contributed by atoms with Crippen molar-refractivity contribution in [3.05, 3.63) is 0 Å². The van der Waals surface area contributed by atoms with Crippen molar-refractivity contribution in [1.82, 2.24) is 14.7 Å². The fraction of sp³-hybridized carbons (Fsp3) is 0.800. The molecule has 15 heavy (non-hydrogen) atoms. The molecule has 0 aliphatic carbocycles. The van der Waals surface area contributed by atoms with Crippen LogP contribution in [0, 0.1) is 11.5 Å². The van der Waals surface area contributed by atoms with Crippen LogP contribution >= 0.6 is 0 Å². The SMILES string of the molecule is CN1CCN2C(=O)CN(C#N)CC2(C)C1. The van der Waals surface area contributed by atoms with Gasteiger partial charge in [0.25, 0.3) is 0 Å². The van der Waals surface area contributed by atoms with Crippen LogP contribution < -0.4 is 0 Å². The topological polar surface area (TPSA) is 50.6 Å². The van der Waals surface area contributed by atoms with Gasteiger partial charge in [-0.05, 0) is 14.0 Å². The van der Waals surface area contributed by atoms with Crippen LogP contribution in [-0.2, 0) is 4.79 Å². The molecule has 0 spiro atoms. The van der Waals surface area contributed by atoms with E-state index in [1.165, 1.54) is 0 Å². The van der Waals surface area contributed by atoms with Crippen molar-refractivity contribution in [1.29, 1.82) is 5.26 Å². The van der Waals surface area contributed by atoms with Crippen molar-refractivity contribution in [2.24, 2.45) is 0 Å². The normalized spacial score (nSPS) is 32.5. The van der Waals surface area contributed by atoms with Crippen molar-refractivity contribution in [2.45, 2.75) is 12.5 Å². The van der Waals surface area contributed by atoms with Crippen LogP contribution in [-0.4, -0.2) is 65.9 Å². The highest BCUT2D eigenvalue weighted by Crippen LogP contribution is 2.25. The Bertz CT molecular complexity index is 324. The van der Waals surface area contributed by atoms with Gasteiger partial charge in [-0.1, -0.05) is 0 Å². The number of hydrogen-bond donors (Lipinski definition) is 0.